The Morgan fingerprint density at radius 1 is 1.17 bits per heavy atom. The number of nitrogens with one attached hydrogen (secondary N) is 2. The van der Waals surface area contributed by atoms with Crippen molar-refractivity contribution in [3.63, 3.8) is 0 Å². The first-order chi connectivity index (χ1) is 13.5. The van der Waals surface area contributed by atoms with Crippen molar-refractivity contribution < 1.29 is 9.47 Å². The van der Waals surface area contributed by atoms with Crippen molar-refractivity contribution in [1.82, 2.24) is 10.6 Å². The monoisotopic (exact) mass is 517 g/mol. The minimum absolute atomic E-state index is 0. The van der Waals surface area contributed by atoms with Crippen LogP contribution in [0.3, 0.4) is 0 Å². The Morgan fingerprint density at radius 3 is 2.62 bits per heavy atom. The first-order valence-corrected chi connectivity index (χ1v) is 10.7. The first-order valence-electron chi connectivity index (χ1n) is 10.7. The Bertz CT molecular complexity index is 575. The first kappa shape index (κ1) is 26.2. The van der Waals surface area contributed by atoms with Crippen LogP contribution in [0.15, 0.2) is 35.3 Å². The molecule has 0 bridgehead atoms. The van der Waals surface area contributed by atoms with Crippen LogP contribution in [0, 0.1) is 11.3 Å². The van der Waals surface area contributed by atoms with Crippen molar-refractivity contribution in [1.29, 1.82) is 0 Å². The van der Waals surface area contributed by atoms with E-state index in [0.717, 1.165) is 51.5 Å². The van der Waals surface area contributed by atoms with Crippen LogP contribution in [0.2, 0.25) is 0 Å². The molecule has 6 heteroatoms. The molecule has 2 rings (SSSR count). The van der Waals surface area contributed by atoms with E-state index in [2.05, 4.69) is 48.5 Å². The van der Waals surface area contributed by atoms with Gasteiger partial charge in [-0.3, -0.25) is 4.99 Å². The van der Waals surface area contributed by atoms with E-state index in [4.69, 9.17) is 9.47 Å². The number of unbranched alkanes of at least 4 members (excludes halogenated alkanes) is 1. The molecule has 1 fully saturated rings. The fourth-order valence-electron chi connectivity index (χ4n) is 3.76. The maximum atomic E-state index is 6.07. The Labute approximate surface area is 194 Å². The van der Waals surface area contributed by atoms with Gasteiger partial charge in [-0.15, -0.1) is 24.0 Å². The summed E-state index contributed by atoms with van der Waals surface area (Å²) in [5.41, 5.74) is 1.40. The van der Waals surface area contributed by atoms with Gasteiger partial charge in [-0.1, -0.05) is 51.1 Å². The van der Waals surface area contributed by atoms with Gasteiger partial charge in [-0.05, 0) is 36.7 Å². The number of ether oxygens (including phenoxy) is 2. The summed E-state index contributed by atoms with van der Waals surface area (Å²) in [5.74, 6) is 1.40. The van der Waals surface area contributed by atoms with E-state index in [1.54, 1.807) is 0 Å². The van der Waals surface area contributed by atoms with E-state index < -0.39 is 0 Å². The van der Waals surface area contributed by atoms with E-state index in [9.17, 15) is 0 Å². The van der Waals surface area contributed by atoms with Crippen molar-refractivity contribution in [3.05, 3.63) is 35.9 Å². The molecule has 1 saturated heterocycles. The summed E-state index contributed by atoms with van der Waals surface area (Å²) in [4.78, 5) is 4.36. The van der Waals surface area contributed by atoms with Crippen LogP contribution in [-0.4, -0.2) is 45.4 Å². The van der Waals surface area contributed by atoms with Crippen LogP contribution in [-0.2, 0) is 16.1 Å². The zero-order chi connectivity index (χ0) is 20.2. The topological polar surface area (TPSA) is 54.9 Å². The maximum Gasteiger partial charge on any atom is 0.190 e. The number of rotatable bonds is 9. The molecule has 1 aromatic rings. The zero-order valence-electron chi connectivity index (χ0n) is 18.6. The smallest absolute Gasteiger partial charge is 0.190 e. The van der Waals surface area contributed by atoms with Crippen molar-refractivity contribution >= 4 is 29.9 Å². The van der Waals surface area contributed by atoms with Crippen LogP contribution in [0.25, 0.3) is 0 Å². The molecule has 0 radical (unpaired) electrons. The highest BCUT2D eigenvalue weighted by Gasteiger charge is 2.35. The lowest BCUT2D eigenvalue weighted by Gasteiger charge is -2.40. The largest absolute Gasteiger partial charge is 0.377 e. The zero-order valence-corrected chi connectivity index (χ0v) is 20.9. The predicted octanol–water partition coefficient (Wildman–Crippen LogP) is 4.61. The summed E-state index contributed by atoms with van der Waals surface area (Å²) in [6, 6.07) is 10.3. The maximum absolute atomic E-state index is 6.07. The molecule has 5 nitrogen and oxygen atoms in total. The predicted molar refractivity (Wildman–Crippen MR) is 132 cm³/mol. The van der Waals surface area contributed by atoms with Crippen molar-refractivity contribution in [2.45, 2.75) is 59.2 Å². The van der Waals surface area contributed by atoms with E-state index in [-0.39, 0.29) is 29.4 Å². The molecule has 0 amide bonds. The molecule has 0 saturated carbocycles. The molecule has 0 aliphatic carbocycles. The van der Waals surface area contributed by atoms with Gasteiger partial charge >= 0.3 is 0 Å². The van der Waals surface area contributed by atoms with Gasteiger partial charge in [0.2, 0.25) is 0 Å². The van der Waals surface area contributed by atoms with Crippen LogP contribution in [0.5, 0.6) is 0 Å². The van der Waals surface area contributed by atoms with Crippen molar-refractivity contribution in [2.75, 3.05) is 33.4 Å². The van der Waals surface area contributed by atoms with E-state index in [1.807, 2.05) is 25.2 Å². The van der Waals surface area contributed by atoms with Gasteiger partial charge in [-0.25, -0.2) is 0 Å². The third kappa shape index (κ3) is 10.1. The average molecular weight is 517 g/mol. The van der Waals surface area contributed by atoms with Crippen LogP contribution >= 0.6 is 24.0 Å². The highest BCUT2D eigenvalue weighted by molar-refractivity contribution is 14.0. The lowest BCUT2D eigenvalue weighted by atomic mass is 9.78. The van der Waals surface area contributed by atoms with Crippen molar-refractivity contribution in [3.8, 4) is 0 Å². The van der Waals surface area contributed by atoms with Crippen LogP contribution in [0.1, 0.15) is 52.0 Å². The summed E-state index contributed by atoms with van der Waals surface area (Å²) >= 11 is 0. The fourth-order valence-corrected chi connectivity index (χ4v) is 3.76. The normalized spacial score (nSPS) is 20.1. The summed E-state index contributed by atoms with van der Waals surface area (Å²) in [5, 5.41) is 6.91. The van der Waals surface area contributed by atoms with Crippen LogP contribution < -0.4 is 10.6 Å². The average Bonchev–Trinajstić information content (AvgIpc) is 2.70. The molecule has 1 aromatic carbocycles. The highest BCUT2D eigenvalue weighted by Crippen LogP contribution is 2.33. The third-order valence-corrected chi connectivity index (χ3v) is 5.17. The quantitative estimate of drug-likeness (QED) is 0.218. The van der Waals surface area contributed by atoms with E-state index >= 15 is 0 Å². The molecule has 2 atom stereocenters. The minimum Gasteiger partial charge on any atom is -0.377 e. The summed E-state index contributed by atoms with van der Waals surface area (Å²) in [6.45, 7) is 11.0. The number of aliphatic imine (C=N–C) groups is 1. The van der Waals surface area contributed by atoms with Gasteiger partial charge in [-0.2, -0.15) is 0 Å². The molecule has 0 aromatic heterocycles. The Balaban J connectivity index is 0.00000420. The number of nitrogens with zero attached hydrogens (tertiary/aromatic N) is 1. The van der Waals surface area contributed by atoms with Gasteiger partial charge in [0.15, 0.2) is 5.96 Å². The second kappa shape index (κ2) is 14.2. The highest BCUT2D eigenvalue weighted by atomic mass is 127. The molecule has 1 heterocycles. The molecular formula is C23H40IN3O2. The number of guanidine groups is 1. The SMILES string of the molecule is CN=C(NCCCCOCc1ccccc1)NCC1CCCOC1C(C)(C)C.I. The van der Waals surface area contributed by atoms with Gasteiger partial charge in [0, 0.05) is 39.3 Å². The second-order valence-electron chi connectivity index (χ2n) is 8.68. The van der Waals surface area contributed by atoms with Gasteiger partial charge in [0.25, 0.3) is 0 Å². The van der Waals surface area contributed by atoms with E-state index in [0.29, 0.717) is 18.6 Å². The Morgan fingerprint density at radius 2 is 1.93 bits per heavy atom. The molecule has 1 aliphatic rings. The second-order valence-corrected chi connectivity index (χ2v) is 8.68. The number of halogens is 1. The van der Waals surface area contributed by atoms with Crippen molar-refractivity contribution in [2.24, 2.45) is 16.3 Å². The number of hydrogen-bond donors (Lipinski definition) is 2. The van der Waals surface area contributed by atoms with Gasteiger partial charge in [0.1, 0.15) is 0 Å². The Hall–Kier alpha value is -0.860. The summed E-state index contributed by atoms with van der Waals surface area (Å²) in [7, 11) is 1.83. The summed E-state index contributed by atoms with van der Waals surface area (Å²) in [6.07, 6.45) is 4.76. The molecule has 166 valence electrons. The molecule has 0 spiro atoms. The van der Waals surface area contributed by atoms with Gasteiger partial charge in [0.05, 0.1) is 12.7 Å². The molecular weight excluding hydrogens is 477 g/mol. The number of hydrogen-bond acceptors (Lipinski definition) is 3. The standard InChI is InChI=1S/C23H39N3O2.HI/c1-23(2,3)21-20(13-10-16-28-21)17-26-22(24-4)25-14-8-9-15-27-18-19-11-6-5-7-12-19;/h5-7,11-12,20-21H,8-10,13-18H2,1-4H3,(H2,24,25,26);1H. The van der Waals surface area contributed by atoms with E-state index in [1.165, 1.54) is 12.0 Å². The lowest BCUT2D eigenvalue weighted by molar-refractivity contribution is -0.0835. The molecule has 2 unspecified atom stereocenters. The van der Waals surface area contributed by atoms with Crippen LogP contribution in [0.4, 0.5) is 0 Å². The lowest BCUT2D eigenvalue weighted by Crippen LogP contribution is -2.47. The summed E-state index contributed by atoms with van der Waals surface area (Å²) < 4.78 is 11.8. The number of benzene rings is 1. The molecule has 29 heavy (non-hydrogen) atoms. The Kier molecular flexibility index (Phi) is 12.8. The minimum atomic E-state index is 0. The fraction of sp³-hybridized carbons (Fsp3) is 0.696. The third-order valence-electron chi connectivity index (χ3n) is 5.17. The van der Waals surface area contributed by atoms with Gasteiger partial charge < -0.3 is 20.1 Å². The molecule has 2 N–H and O–H groups in total. The molecule has 1 aliphatic heterocycles.